The molecule has 0 aromatic carbocycles. The number of hydrogen-bond acceptors (Lipinski definition) is 4. The van der Waals surface area contributed by atoms with E-state index in [0.717, 1.165) is 30.2 Å². The summed E-state index contributed by atoms with van der Waals surface area (Å²) in [4.78, 5) is 19.5. The third kappa shape index (κ3) is 1.74. The van der Waals surface area contributed by atoms with Gasteiger partial charge in [0.15, 0.2) is 5.52 Å². The second-order valence-electron chi connectivity index (χ2n) is 5.06. The van der Waals surface area contributed by atoms with Crippen molar-refractivity contribution in [2.24, 2.45) is 7.05 Å². The molecule has 6 heteroatoms. The molecule has 102 valence electrons. The first-order valence-corrected chi connectivity index (χ1v) is 6.82. The average Bonchev–Trinajstić information content (AvgIpc) is 2.98. The molecule has 0 radical (unpaired) electrons. The van der Waals surface area contributed by atoms with Crippen molar-refractivity contribution in [2.75, 3.05) is 18.0 Å². The van der Waals surface area contributed by atoms with Crippen molar-refractivity contribution in [2.45, 2.75) is 33.2 Å². The molecular formula is C13H19N5O. The van der Waals surface area contributed by atoms with Crippen LogP contribution in [0.25, 0.3) is 11.0 Å². The van der Waals surface area contributed by atoms with Crippen LogP contribution in [-0.2, 0) is 13.6 Å². The molecule has 0 aliphatic carbocycles. The first-order chi connectivity index (χ1) is 9.13. The number of nitrogens with zero attached hydrogens (tertiary/aromatic N) is 5. The zero-order chi connectivity index (χ0) is 13.6. The van der Waals surface area contributed by atoms with Crippen LogP contribution in [0.5, 0.6) is 0 Å². The van der Waals surface area contributed by atoms with Gasteiger partial charge in [-0.25, -0.2) is 4.98 Å². The lowest BCUT2D eigenvalue weighted by Gasteiger charge is -2.20. The largest absolute Gasteiger partial charge is 0.342 e. The van der Waals surface area contributed by atoms with Gasteiger partial charge in [0.25, 0.3) is 5.56 Å². The van der Waals surface area contributed by atoms with Gasteiger partial charge >= 0.3 is 0 Å². The highest BCUT2D eigenvalue weighted by Gasteiger charge is 2.21. The molecule has 6 nitrogen and oxygen atoms in total. The molecule has 0 N–H and O–H groups in total. The summed E-state index contributed by atoms with van der Waals surface area (Å²) in [5.41, 5.74) is 2.16. The van der Waals surface area contributed by atoms with Crippen molar-refractivity contribution in [1.29, 1.82) is 0 Å². The van der Waals surface area contributed by atoms with E-state index in [0.29, 0.717) is 12.1 Å². The standard InChI is InChI=1S/C13H19N5O/c1-4-18-12(19)11-10(9(2)15-16(11)3)14-13(18)17-7-5-6-8-17/h4-8H2,1-3H3. The molecule has 2 aromatic heterocycles. The maximum atomic E-state index is 12.6. The van der Waals surface area contributed by atoms with Crippen LogP contribution in [0, 0.1) is 6.92 Å². The molecule has 1 fully saturated rings. The van der Waals surface area contributed by atoms with Crippen molar-refractivity contribution in [3.63, 3.8) is 0 Å². The fraction of sp³-hybridized carbons (Fsp3) is 0.615. The lowest BCUT2D eigenvalue weighted by atomic mass is 10.3. The maximum Gasteiger partial charge on any atom is 0.281 e. The van der Waals surface area contributed by atoms with E-state index in [1.54, 1.807) is 16.3 Å². The zero-order valence-electron chi connectivity index (χ0n) is 11.7. The second kappa shape index (κ2) is 4.36. The van der Waals surface area contributed by atoms with Crippen molar-refractivity contribution >= 4 is 17.0 Å². The van der Waals surface area contributed by atoms with Gasteiger partial charge in [0.1, 0.15) is 5.52 Å². The summed E-state index contributed by atoms with van der Waals surface area (Å²) in [5.74, 6) is 0.800. The van der Waals surface area contributed by atoms with Gasteiger partial charge in [0, 0.05) is 26.7 Å². The predicted octanol–water partition coefficient (Wildman–Crippen LogP) is 1.06. The smallest absolute Gasteiger partial charge is 0.281 e. The van der Waals surface area contributed by atoms with E-state index >= 15 is 0 Å². The molecule has 0 bridgehead atoms. The summed E-state index contributed by atoms with van der Waals surface area (Å²) < 4.78 is 3.40. The minimum Gasteiger partial charge on any atom is -0.342 e. The maximum absolute atomic E-state index is 12.6. The van der Waals surface area contributed by atoms with Crippen LogP contribution >= 0.6 is 0 Å². The summed E-state index contributed by atoms with van der Waals surface area (Å²) in [6.45, 7) is 6.49. The molecule has 1 aliphatic rings. The zero-order valence-corrected chi connectivity index (χ0v) is 11.7. The highest BCUT2D eigenvalue weighted by Crippen LogP contribution is 2.20. The lowest BCUT2D eigenvalue weighted by molar-refractivity contribution is 0.684. The summed E-state index contributed by atoms with van der Waals surface area (Å²) in [6, 6.07) is 0. The molecule has 2 aromatic rings. The van der Waals surface area contributed by atoms with Gasteiger partial charge in [-0.3, -0.25) is 14.0 Å². The van der Waals surface area contributed by atoms with Gasteiger partial charge in [0.05, 0.1) is 5.69 Å². The van der Waals surface area contributed by atoms with Gasteiger partial charge in [0.2, 0.25) is 5.95 Å². The van der Waals surface area contributed by atoms with Crippen molar-refractivity contribution < 1.29 is 0 Å². The SMILES string of the molecule is CCn1c(N2CCCC2)nc2c(C)nn(C)c2c1=O. The predicted molar refractivity (Wildman–Crippen MR) is 74.6 cm³/mol. The Labute approximate surface area is 111 Å². The van der Waals surface area contributed by atoms with Crippen LogP contribution in [0.3, 0.4) is 0 Å². The Bertz CT molecular complexity index is 678. The van der Waals surface area contributed by atoms with Crippen LogP contribution in [0.2, 0.25) is 0 Å². The second-order valence-corrected chi connectivity index (χ2v) is 5.06. The van der Waals surface area contributed by atoms with Gasteiger partial charge in [-0.15, -0.1) is 0 Å². The fourth-order valence-electron chi connectivity index (χ4n) is 2.84. The van der Waals surface area contributed by atoms with E-state index in [1.165, 1.54) is 12.8 Å². The number of fused-ring (bicyclic) bond motifs is 1. The third-order valence-corrected chi connectivity index (χ3v) is 3.80. The fourth-order valence-corrected chi connectivity index (χ4v) is 2.84. The van der Waals surface area contributed by atoms with E-state index in [2.05, 4.69) is 10.00 Å². The Morgan fingerprint density at radius 3 is 2.58 bits per heavy atom. The molecule has 0 unspecified atom stereocenters. The Morgan fingerprint density at radius 2 is 1.95 bits per heavy atom. The minimum absolute atomic E-state index is 0.0116. The van der Waals surface area contributed by atoms with Gasteiger partial charge in [-0.05, 0) is 26.7 Å². The normalized spacial score (nSPS) is 15.6. The molecule has 19 heavy (non-hydrogen) atoms. The molecule has 3 heterocycles. The Balaban J connectivity index is 2.32. The van der Waals surface area contributed by atoms with Crippen LogP contribution < -0.4 is 10.5 Å². The van der Waals surface area contributed by atoms with Gasteiger partial charge in [-0.2, -0.15) is 5.10 Å². The molecule has 1 saturated heterocycles. The molecule has 0 saturated carbocycles. The van der Waals surface area contributed by atoms with Crippen LogP contribution in [0.1, 0.15) is 25.5 Å². The van der Waals surface area contributed by atoms with Crippen LogP contribution in [0.4, 0.5) is 5.95 Å². The molecule has 0 spiro atoms. The highest BCUT2D eigenvalue weighted by molar-refractivity contribution is 5.77. The summed E-state index contributed by atoms with van der Waals surface area (Å²) >= 11 is 0. The Hall–Kier alpha value is -1.85. The van der Waals surface area contributed by atoms with Crippen LogP contribution in [-0.4, -0.2) is 32.4 Å². The minimum atomic E-state index is 0.0116. The molecule has 0 atom stereocenters. The number of hydrogen-bond donors (Lipinski definition) is 0. The van der Waals surface area contributed by atoms with E-state index < -0.39 is 0 Å². The lowest BCUT2D eigenvalue weighted by Crippen LogP contribution is -2.31. The molecular weight excluding hydrogens is 242 g/mol. The van der Waals surface area contributed by atoms with E-state index in [4.69, 9.17) is 4.98 Å². The van der Waals surface area contributed by atoms with Crippen molar-refractivity contribution in [1.82, 2.24) is 19.3 Å². The number of aryl methyl sites for hydroxylation is 2. The third-order valence-electron chi connectivity index (χ3n) is 3.80. The summed E-state index contributed by atoms with van der Waals surface area (Å²) in [7, 11) is 1.80. The molecule has 3 rings (SSSR count). The monoisotopic (exact) mass is 261 g/mol. The summed E-state index contributed by atoms with van der Waals surface area (Å²) in [6.07, 6.45) is 2.34. The molecule has 0 amide bonds. The average molecular weight is 261 g/mol. The van der Waals surface area contributed by atoms with Gasteiger partial charge < -0.3 is 4.90 Å². The first kappa shape index (κ1) is 12.2. The van der Waals surface area contributed by atoms with E-state index in [-0.39, 0.29) is 5.56 Å². The van der Waals surface area contributed by atoms with Crippen molar-refractivity contribution in [3.8, 4) is 0 Å². The topological polar surface area (TPSA) is 56.0 Å². The van der Waals surface area contributed by atoms with Crippen molar-refractivity contribution in [3.05, 3.63) is 16.0 Å². The van der Waals surface area contributed by atoms with E-state index in [1.807, 2.05) is 13.8 Å². The number of aromatic nitrogens is 4. The van der Waals surface area contributed by atoms with Gasteiger partial charge in [-0.1, -0.05) is 0 Å². The quantitative estimate of drug-likeness (QED) is 0.811. The first-order valence-electron chi connectivity index (χ1n) is 6.82. The highest BCUT2D eigenvalue weighted by atomic mass is 16.1. The molecule has 1 aliphatic heterocycles. The van der Waals surface area contributed by atoms with E-state index in [9.17, 15) is 4.79 Å². The Morgan fingerprint density at radius 1 is 1.26 bits per heavy atom. The summed E-state index contributed by atoms with van der Waals surface area (Å²) in [5, 5.41) is 4.32. The Kier molecular flexibility index (Phi) is 2.80. The van der Waals surface area contributed by atoms with Crippen LogP contribution in [0.15, 0.2) is 4.79 Å². The number of rotatable bonds is 2. The number of anilines is 1.